The van der Waals surface area contributed by atoms with Crippen molar-refractivity contribution in [3.63, 3.8) is 0 Å². The van der Waals surface area contributed by atoms with Gasteiger partial charge < -0.3 is 10.6 Å². The van der Waals surface area contributed by atoms with Gasteiger partial charge in [0.1, 0.15) is 0 Å². The minimum atomic E-state index is 0.481. The van der Waals surface area contributed by atoms with Gasteiger partial charge in [-0.2, -0.15) is 0 Å². The Hall–Kier alpha value is -1.61. The van der Waals surface area contributed by atoms with E-state index in [1.54, 1.807) is 0 Å². The first-order chi connectivity index (χ1) is 9.33. The van der Waals surface area contributed by atoms with Crippen molar-refractivity contribution in [3.8, 4) is 0 Å². The molecule has 2 atom stereocenters. The summed E-state index contributed by atoms with van der Waals surface area (Å²) in [5.41, 5.74) is 1.21. The van der Waals surface area contributed by atoms with Gasteiger partial charge in [-0.3, -0.25) is 4.98 Å². The summed E-state index contributed by atoms with van der Waals surface area (Å²) in [5, 5.41) is 9.65. The fourth-order valence-corrected chi connectivity index (χ4v) is 2.96. The Labute approximate surface area is 114 Å². The van der Waals surface area contributed by atoms with Crippen LogP contribution in [0.3, 0.4) is 0 Å². The van der Waals surface area contributed by atoms with E-state index in [2.05, 4.69) is 46.8 Å². The van der Waals surface area contributed by atoms with Crippen LogP contribution in [0.2, 0.25) is 0 Å². The molecule has 1 aliphatic rings. The summed E-state index contributed by atoms with van der Waals surface area (Å²) in [5.74, 6) is 0. The summed E-state index contributed by atoms with van der Waals surface area (Å²) in [6.45, 7) is 3.44. The average Bonchev–Trinajstić information content (AvgIpc) is 2.92. The predicted molar refractivity (Wildman–Crippen MR) is 80.5 cm³/mol. The van der Waals surface area contributed by atoms with Crippen molar-refractivity contribution >= 4 is 16.5 Å². The van der Waals surface area contributed by atoms with Crippen molar-refractivity contribution in [2.24, 2.45) is 0 Å². The zero-order valence-corrected chi connectivity index (χ0v) is 11.4. The minimum Gasteiger partial charge on any atom is -0.382 e. The van der Waals surface area contributed by atoms with Crippen LogP contribution in [0.4, 0.5) is 5.69 Å². The van der Waals surface area contributed by atoms with Crippen LogP contribution in [0.5, 0.6) is 0 Å². The first kappa shape index (κ1) is 12.4. The number of hydrogen-bond donors (Lipinski definition) is 2. The number of nitrogens with one attached hydrogen (secondary N) is 2. The lowest BCUT2D eigenvalue weighted by Gasteiger charge is -2.20. The SMILES string of the molecule is CC(CC1CCCN1)Nc1cccc2cnccc12. The highest BCUT2D eigenvalue weighted by molar-refractivity contribution is 5.93. The molecule has 100 valence electrons. The number of rotatable bonds is 4. The summed E-state index contributed by atoms with van der Waals surface area (Å²) < 4.78 is 0. The highest BCUT2D eigenvalue weighted by Crippen LogP contribution is 2.24. The van der Waals surface area contributed by atoms with Crippen LogP contribution in [-0.2, 0) is 0 Å². The van der Waals surface area contributed by atoms with Crippen LogP contribution < -0.4 is 10.6 Å². The largest absolute Gasteiger partial charge is 0.382 e. The van der Waals surface area contributed by atoms with E-state index in [9.17, 15) is 0 Å². The maximum atomic E-state index is 4.18. The molecule has 1 aromatic heterocycles. The maximum Gasteiger partial charge on any atom is 0.0423 e. The maximum absolute atomic E-state index is 4.18. The van der Waals surface area contributed by atoms with Crippen molar-refractivity contribution in [3.05, 3.63) is 36.7 Å². The molecular weight excluding hydrogens is 234 g/mol. The smallest absolute Gasteiger partial charge is 0.0423 e. The number of aromatic nitrogens is 1. The highest BCUT2D eigenvalue weighted by Gasteiger charge is 2.17. The van der Waals surface area contributed by atoms with E-state index in [1.807, 2.05) is 12.4 Å². The average molecular weight is 255 g/mol. The first-order valence-electron chi connectivity index (χ1n) is 7.15. The molecule has 2 aromatic rings. The molecule has 3 heteroatoms. The monoisotopic (exact) mass is 255 g/mol. The Balaban J connectivity index is 1.73. The molecule has 0 amide bonds. The molecule has 1 fully saturated rings. The molecule has 2 heterocycles. The van der Waals surface area contributed by atoms with E-state index in [-0.39, 0.29) is 0 Å². The number of anilines is 1. The lowest BCUT2D eigenvalue weighted by Crippen LogP contribution is -2.29. The Bertz CT molecular complexity index is 541. The van der Waals surface area contributed by atoms with E-state index in [1.165, 1.54) is 42.3 Å². The second kappa shape index (κ2) is 5.57. The second-order valence-corrected chi connectivity index (χ2v) is 5.48. The van der Waals surface area contributed by atoms with Crippen LogP contribution in [0.25, 0.3) is 10.8 Å². The predicted octanol–water partition coefficient (Wildman–Crippen LogP) is 3.18. The molecule has 0 radical (unpaired) electrons. The van der Waals surface area contributed by atoms with Crippen LogP contribution in [0.1, 0.15) is 26.2 Å². The quantitative estimate of drug-likeness (QED) is 0.881. The molecular formula is C16H21N3. The fraction of sp³-hybridized carbons (Fsp3) is 0.438. The topological polar surface area (TPSA) is 37.0 Å². The lowest BCUT2D eigenvalue weighted by molar-refractivity contribution is 0.523. The van der Waals surface area contributed by atoms with Gasteiger partial charge in [-0.05, 0) is 44.9 Å². The number of nitrogens with zero attached hydrogens (tertiary/aromatic N) is 1. The normalized spacial score (nSPS) is 20.6. The molecule has 19 heavy (non-hydrogen) atoms. The summed E-state index contributed by atoms with van der Waals surface area (Å²) in [6.07, 6.45) is 7.59. The van der Waals surface area contributed by atoms with Crippen molar-refractivity contribution in [1.29, 1.82) is 0 Å². The van der Waals surface area contributed by atoms with Gasteiger partial charge in [0.2, 0.25) is 0 Å². The van der Waals surface area contributed by atoms with Crippen LogP contribution in [0, 0.1) is 0 Å². The third kappa shape index (κ3) is 2.87. The molecule has 3 nitrogen and oxygen atoms in total. The van der Waals surface area contributed by atoms with Crippen LogP contribution in [-0.4, -0.2) is 23.6 Å². The number of hydrogen-bond acceptors (Lipinski definition) is 3. The van der Waals surface area contributed by atoms with E-state index in [0.717, 1.165) is 0 Å². The molecule has 2 unspecified atom stereocenters. The molecule has 1 aromatic carbocycles. The van der Waals surface area contributed by atoms with Gasteiger partial charge in [-0.25, -0.2) is 0 Å². The molecule has 0 aliphatic carbocycles. The molecule has 2 N–H and O–H groups in total. The van der Waals surface area contributed by atoms with Crippen molar-refractivity contribution in [1.82, 2.24) is 10.3 Å². The highest BCUT2D eigenvalue weighted by atomic mass is 15.0. The van der Waals surface area contributed by atoms with Crippen molar-refractivity contribution in [2.45, 2.75) is 38.3 Å². The van der Waals surface area contributed by atoms with Gasteiger partial charge in [-0.1, -0.05) is 12.1 Å². The molecule has 0 bridgehead atoms. The summed E-state index contributed by atoms with van der Waals surface area (Å²) >= 11 is 0. The van der Waals surface area contributed by atoms with Crippen molar-refractivity contribution < 1.29 is 0 Å². The summed E-state index contributed by atoms with van der Waals surface area (Å²) in [7, 11) is 0. The van der Waals surface area contributed by atoms with E-state index in [4.69, 9.17) is 0 Å². The van der Waals surface area contributed by atoms with E-state index >= 15 is 0 Å². The molecule has 0 saturated carbocycles. The van der Waals surface area contributed by atoms with Gasteiger partial charge in [0.05, 0.1) is 0 Å². The van der Waals surface area contributed by atoms with Crippen LogP contribution in [0.15, 0.2) is 36.7 Å². The zero-order valence-electron chi connectivity index (χ0n) is 11.4. The summed E-state index contributed by atoms with van der Waals surface area (Å²) in [6, 6.07) is 9.59. The minimum absolute atomic E-state index is 0.481. The number of benzene rings is 1. The first-order valence-corrected chi connectivity index (χ1v) is 7.15. The second-order valence-electron chi connectivity index (χ2n) is 5.48. The van der Waals surface area contributed by atoms with E-state index < -0.39 is 0 Å². The van der Waals surface area contributed by atoms with E-state index in [0.29, 0.717) is 12.1 Å². The molecule has 1 aliphatic heterocycles. The third-order valence-corrected chi connectivity index (χ3v) is 3.88. The Morgan fingerprint density at radius 2 is 2.37 bits per heavy atom. The number of fused-ring (bicyclic) bond motifs is 1. The van der Waals surface area contributed by atoms with Crippen molar-refractivity contribution in [2.75, 3.05) is 11.9 Å². The van der Waals surface area contributed by atoms with Gasteiger partial charge in [-0.15, -0.1) is 0 Å². The molecule has 3 rings (SSSR count). The lowest BCUT2D eigenvalue weighted by atomic mass is 10.1. The molecule has 0 spiro atoms. The summed E-state index contributed by atoms with van der Waals surface area (Å²) in [4.78, 5) is 4.18. The number of pyridine rings is 1. The fourth-order valence-electron chi connectivity index (χ4n) is 2.96. The van der Waals surface area contributed by atoms with Gasteiger partial charge in [0.15, 0.2) is 0 Å². The van der Waals surface area contributed by atoms with Gasteiger partial charge in [0.25, 0.3) is 0 Å². The van der Waals surface area contributed by atoms with Gasteiger partial charge >= 0.3 is 0 Å². The molecule has 1 saturated heterocycles. The van der Waals surface area contributed by atoms with Crippen LogP contribution >= 0.6 is 0 Å². The standard InChI is InChI=1S/C16H21N3/c1-12(10-14-5-3-8-18-14)19-16-6-2-4-13-11-17-9-7-15(13)16/h2,4,6-7,9,11-12,14,18-19H,3,5,8,10H2,1H3. The third-order valence-electron chi connectivity index (χ3n) is 3.88. The Morgan fingerprint density at radius 1 is 1.42 bits per heavy atom. The van der Waals surface area contributed by atoms with Gasteiger partial charge in [0, 0.05) is 40.9 Å². The Morgan fingerprint density at radius 3 is 3.21 bits per heavy atom. The Kier molecular flexibility index (Phi) is 3.65. The zero-order chi connectivity index (χ0) is 13.1.